The lowest BCUT2D eigenvalue weighted by Gasteiger charge is -2.28. The van der Waals surface area contributed by atoms with Crippen LogP contribution in [0.25, 0.3) is 0 Å². The Kier molecular flexibility index (Phi) is 3.30. The van der Waals surface area contributed by atoms with Gasteiger partial charge in [0.15, 0.2) is 5.13 Å². The van der Waals surface area contributed by atoms with Crippen molar-refractivity contribution < 1.29 is 0 Å². The Morgan fingerprint density at radius 1 is 1.39 bits per heavy atom. The summed E-state index contributed by atoms with van der Waals surface area (Å²) >= 11 is 1.73. The third kappa shape index (κ3) is 2.13. The Morgan fingerprint density at radius 3 is 3.17 bits per heavy atom. The molecule has 18 heavy (non-hydrogen) atoms. The molecule has 94 valence electrons. The Labute approximate surface area is 111 Å². The first-order valence-corrected chi connectivity index (χ1v) is 7.21. The van der Waals surface area contributed by atoms with Crippen LogP contribution in [0.3, 0.4) is 0 Å². The van der Waals surface area contributed by atoms with Gasteiger partial charge in [-0.2, -0.15) is 0 Å². The normalized spacial score (nSPS) is 14.6. The van der Waals surface area contributed by atoms with E-state index >= 15 is 0 Å². The Hall–Kier alpha value is -1.39. The van der Waals surface area contributed by atoms with E-state index in [9.17, 15) is 0 Å². The SMILES string of the molecule is CNCc1csc(N2CCCc3ccccc32)n1. The van der Waals surface area contributed by atoms with Crippen LogP contribution in [-0.2, 0) is 13.0 Å². The second kappa shape index (κ2) is 5.08. The van der Waals surface area contributed by atoms with E-state index in [4.69, 9.17) is 4.98 Å². The number of aryl methyl sites for hydroxylation is 1. The van der Waals surface area contributed by atoms with E-state index in [-0.39, 0.29) is 0 Å². The highest BCUT2D eigenvalue weighted by atomic mass is 32.1. The molecule has 0 fully saturated rings. The van der Waals surface area contributed by atoms with Crippen LogP contribution in [0.4, 0.5) is 10.8 Å². The van der Waals surface area contributed by atoms with E-state index in [2.05, 4.69) is 39.9 Å². The summed E-state index contributed by atoms with van der Waals surface area (Å²) in [6.07, 6.45) is 2.39. The number of anilines is 2. The zero-order chi connectivity index (χ0) is 12.4. The molecule has 0 amide bonds. The molecule has 2 aromatic rings. The predicted octanol–water partition coefficient (Wildman–Crippen LogP) is 2.95. The lowest BCUT2D eigenvalue weighted by atomic mass is 10.0. The lowest BCUT2D eigenvalue weighted by molar-refractivity contribution is 0.757. The van der Waals surface area contributed by atoms with Gasteiger partial charge in [-0.25, -0.2) is 4.98 Å². The first-order valence-electron chi connectivity index (χ1n) is 6.33. The van der Waals surface area contributed by atoms with Crippen molar-refractivity contribution in [3.63, 3.8) is 0 Å². The number of rotatable bonds is 3. The molecule has 0 saturated heterocycles. The van der Waals surface area contributed by atoms with E-state index in [1.165, 1.54) is 24.1 Å². The Bertz CT molecular complexity index is 535. The summed E-state index contributed by atoms with van der Waals surface area (Å²) in [7, 11) is 1.95. The quantitative estimate of drug-likeness (QED) is 0.918. The van der Waals surface area contributed by atoms with Gasteiger partial charge in [0.25, 0.3) is 0 Å². The number of hydrogen-bond donors (Lipinski definition) is 1. The summed E-state index contributed by atoms with van der Waals surface area (Å²) in [5, 5.41) is 6.40. The summed E-state index contributed by atoms with van der Waals surface area (Å²) in [5.41, 5.74) is 3.89. The van der Waals surface area contributed by atoms with Crippen molar-refractivity contribution in [2.75, 3.05) is 18.5 Å². The molecule has 0 bridgehead atoms. The molecule has 4 heteroatoms. The van der Waals surface area contributed by atoms with Crippen LogP contribution in [0, 0.1) is 0 Å². The molecule has 0 saturated carbocycles. The van der Waals surface area contributed by atoms with Gasteiger partial charge < -0.3 is 10.2 Å². The van der Waals surface area contributed by atoms with Crippen molar-refractivity contribution in [1.82, 2.24) is 10.3 Å². The van der Waals surface area contributed by atoms with Gasteiger partial charge >= 0.3 is 0 Å². The standard InChI is InChI=1S/C14H17N3S/c1-15-9-12-10-18-14(16-12)17-8-4-6-11-5-2-3-7-13(11)17/h2-3,5,7,10,15H,4,6,8-9H2,1H3. The number of aromatic nitrogens is 1. The van der Waals surface area contributed by atoms with Gasteiger partial charge in [-0.1, -0.05) is 18.2 Å². The average molecular weight is 259 g/mol. The second-order valence-corrected chi connectivity index (χ2v) is 5.37. The third-order valence-corrected chi connectivity index (χ3v) is 4.15. The van der Waals surface area contributed by atoms with Crippen LogP contribution in [0.2, 0.25) is 0 Å². The third-order valence-electron chi connectivity index (χ3n) is 3.24. The molecule has 1 aliphatic heterocycles. The van der Waals surface area contributed by atoms with Gasteiger partial charge in [0.05, 0.1) is 5.69 Å². The fourth-order valence-electron chi connectivity index (χ4n) is 2.41. The van der Waals surface area contributed by atoms with Gasteiger partial charge in [-0.3, -0.25) is 0 Å². The van der Waals surface area contributed by atoms with Crippen molar-refractivity contribution in [3.8, 4) is 0 Å². The molecule has 3 nitrogen and oxygen atoms in total. The van der Waals surface area contributed by atoms with Crippen LogP contribution < -0.4 is 10.2 Å². The highest BCUT2D eigenvalue weighted by Crippen LogP contribution is 2.34. The number of benzene rings is 1. The second-order valence-electron chi connectivity index (χ2n) is 4.54. The predicted molar refractivity (Wildman–Crippen MR) is 76.6 cm³/mol. The molecule has 0 aliphatic carbocycles. The van der Waals surface area contributed by atoms with Crippen molar-refractivity contribution in [1.29, 1.82) is 0 Å². The zero-order valence-corrected chi connectivity index (χ0v) is 11.3. The van der Waals surface area contributed by atoms with Crippen molar-refractivity contribution >= 4 is 22.2 Å². The first-order chi connectivity index (χ1) is 8.88. The Balaban J connectivity index is 1.92. The van der Waals surface area contributed by atoms with Crippen LogP contribution in [0.15, 0.2) is 29.6 Å². The minimum atomic E-state index is 0.839. The topological polar surface area (TPSA) is 28.2 Å². The molecule has 0 unspecified atom stereocenters. The molecule has 0 atom stereocenters. The van der Waals surface area contributed by atoms with E-state index < -0.39 is 0 Å². The van der Waals surface area contributed by atoms with Crippen molar-refractivity contribution in [3.05, 3.63) is 40.9 Å². The minimum absolute atomic E-state index is 0.839. The van der Waals surface area contributed by atoms with Crippen molar-refractivity contribution in [2.45, 2.75) is 19.4 Å². The largest absolute Gasteiger partial charge is 0.318 e. The highest BCUT2D eigenvalue weighted by molar-refractivity contribution is 7.13. The fourth-order valence-corrected chi connectivity index (χ4v) is 3.28. The highest BCUT2D eigenvalue weighted by Gasteiger charge is 2.19. The first kappa shape index (κ1) is 11.7. The molecular weight excluding hydrogens is 242 g/mol. The Morgan fingerprint density at radius 2 is 2.28 bits per heavy atom. The van der Waals surface area contributed by atoms with Crippen LogP contribution in [0.5, 0.6) is 0 Å². The lowest BCUT2D eigenvalue weighted by Crippen LogP contribution is -2.24. The molecule has 2 heterocycles. The summed E-state index contributed by atoms with van der Waals surface area (Å²) < 4.78 is 0. The molecular formula is C14H17N3S. The maximum absolute atomic E-state index is 4.70. The summed E-state index contributed by atoms with van der Waals surface area (Å²) in [6, 6.07) is 8.66. The molecule has 0 radical (unpaired) electrons. The molecule has 1 aliphatic rings. The number of nitrogens with zero attached hydrogens (tertiary/aromatic N) is 2. The molecule has 3 rings (SSSR count). The average Bonchev–Trinajstić information content (AvgIpc) is 2.87. The summed E-state index contributed by atoms with van der Waals surface area (Å²) in [6.45, 7) is 1.91. The number of hydrogen-bond acceptors (Lipinski definition) is 4. The monoisotopic (exact) mass is 259 g/mol. The van der Waals surface area contributed by atoms with Gasteiger partial charge in [-0.15, -0.1) is 11.3 Å². The van der Waals surface area contributed by atoms with E-state index in [1.54, 1.807) is 11.3 Å². The minimum Gasteiger partial charge on any atom is -0.318 e. The van der Waals surface area contributed by atoms with Gasteiger partial charge in [-0.05, 0) is 31.5 Å². The maximum atomic E-state index is 4.70. The molecule has 1 aromatic carbocycles. The van der Waals surface area contributed by atoms with Crippen LogP contribution in [-0.4, -0.2) is 18.6 Å². The zero-order valence-electron chi connectivity index (χ0n) is 10.5. The number of fused-ring (bicyclic) bond motifs is 1. The van der Waals surface area contributed by atoms with Gasteiger partial charge in [0, 0.05) is 24.2 Å². The number of nitrogens with one attached hydrogen (secondary N) is 1. The van der Waals surface area contributed by atoms with Crippen LogP contribution in [0.1, 0.15) is 17.7 Å². The summed E-state index contributed by atoms with van der Waals surface area (Å²) in [5.74, 6) is 0. The van der Waals surface area contributed by atoms with E-state index in [1.807, 2.05) is 7.05 Å². The molecule has 0 spiro atoms. The number of para-hydroxylation sites is 1. The maximum Gasteiger partial charge on any atom is 0.190 e. The van der Waals surface area contributed by atoms with Crippen molar-refractivity contribution in [2.24, 2.45) is 0 Å². The summed E-state index contributed by atoms with van der Waals surface area (Å²) in [4.78, 5) is 7.05. The van der Waals surface area contributed by atoms with Gasteiger partial charge in [0.1, 0.15) is 0 Å². The smallest absolute Gasteiger partial charge is 0.190 e. The van der Waals surface area contributed by atoms with E-state index in [0.29, 0.717) is 0 Å². The van der Waals surface area contributed by atoms with Gasteiger partial charge in [0.2, 0.25) is 0 Å². The molecule has 1 N–H and O–H groups in total. The fraction of sp³-hybridized carbons (Fsp3) is 0.357. The van der Waals surface area contributed by atoms with E-state index in [0.717, 1.165) is 23.9 Å². The van der Waals surface area contributed by atoms with Crippen LogP contribution >= 0.6 is 11.3 Å². The molecule has 1 aromatic heterocycles. The number of thiazole rings is 1.